The minimum Gasteiger partial charge on any atom is -0.487 e. The molecule has 0 amide bonds. The molecule has 7 heteroatoms. The number of hydrogen-bond donors (Lipinski definition) is 1. The first-order chi connectivity index (χ1) is 12.0. The van der Waals surface area contributed by atoms with Gasteiger partial charge in [0.1, 0.15) is 5.82 Å². The number of aromatic nitrogens is 2. The van der Waals surface area contributed by atoms with E-state index in [9.17, 15) is 10.1 Å². The Balaban J connectivity index is 1.72. The van der Waals surface area contributed by atoms with Gasteiger partial charge in [0.25, 0.3) is 0 Å². The number of hydrogen-bond acceptors (Lipinski definition) is 5. The van der Waals surface area contributed by atoms with E-state index in [0.29, 0.717) is 18.4 Å². The van der Waals surface area contributed by atoms with Crippen molar-refractivity contribution in [2.24, 2.45) is 0 Å². The Bertz CT molecular complexity index is 772. The summed E-state index contributed by atoms with van der Waals surface area (Å²) in [5.74, 6) is 1.46. The lowest BCUT2D eigenvalue weighted by Gasteiger charge is -2.28. The van der Waals surface area contributed by atoms with Crippen LogP contribution in [0.1, 0.15) is 43.4 Å². The number of ether oxygens (including phenoxy) is 1. The summed E-state index contributed by atoms with van der Waals surface area (Å²) in [7, 11) is 0. The van der Waals surface area contributed by atoms with Crippen molar-refractivity contribution in [3.63, 3.8) is 0 Å². The van der Waals surface area contributed by atoms with Gasteiger partial charge in [-0.25, -0.2) is 4.98 Å². The van der Waals surface area contributed by atoms with Gasteiger partial charge in [0.2, 0.25) is 0 Å². The molecule has 0 saturated heterocycles. The van der Waals surface area contributed by atoms with Crippen LogP contribution in [0.25, 0.3) is 0 Å². The van der Waals surface area contributed by atoms with Crippen LogP contribution in [0.3, 0.4) is 0 Å². The third kappa shape index (κ3) is 3.82. The Morgan fingerprint density at radius 3 is 3.04 bits per heavy atom. The number of aryl methyl sites for hydroxylation is 2. The SMILES string of the molecule is CCOc1ccc(C(C)NC2CCc3nc(C)cn3C2)cc1[N+](=O)[O-]. The number of nitro benzene ring substituents is 1. The molecule has 2 aromatic rings. The number of rotatable bonds is 6. The highest BCUT2D eigenvalue weighted by atomic mass is 16.6. The zero-order valence-corrected chi connectivity index (χ0v) is 14.9. The number of nitrogens with zero attached hydrogens (tertiary/aromatic N) is 3. The molecule has 1 N–H and O–H groups in total. The molecule has 0 fully saturated rings. The number of imidazole rings is 1. The predicted octanol–water partition coefficient (Wildman–Crippen LogP) is 3.16. The van der Waals surface area contributed by atoms with E-state index in [2.05, 4.69) is 21.1 Å². The molecule has 7 nitrogen and oxygen atoms in total. The summed E-state index contributed by atoms with van der Waals surface area (Å²) < 4.78 is 7.55. The lowest BCUT2D eigenvalue weighted by Crippen LogP contribution is -2.38. The number of nitro groups is 1. The lowest BCUT2D eigenvalue weighted by atomic mass is 10.0. The van der Waals surface area contributed by atoms with E-state index in [-0.39, 0.29) is 16.7 Å². The van der Waals surface area contributed by atoms with Crippen molar-refractivity contribution in [3.05, 3.63) is 51.6 Å². The quantitative estimate of drug-likeness (QED) is 0.643. The molecular formula is C18H24N4O3. The van der Waals surface area contributed by atoms with E-state index in [0.717, 1.165) is 36.5 Å². The molecule has 2 heterocycles. The molecule has 2 atom stereocenters. The van der Waals surface area contributed by atoms with Crippen LogP contribution in [0, 0.1) is 17.0 Å². The van der Waals surface area contributed by atoms with E-state index in [1.807, 2.05) is 26.8 Å². The topological polar surface area (TPSA) is 82.2 Å². The van der Waals surface area contributed by atoms with E-state index in [1.54, 1.807) is 12.1 Å². The molecule has 0 spiro atoms. The highest BCUT2D eigenvalue weighted by Crippen LogP contribution is 2.30. The van der Waals surface area contributed by atoms with E-state index < -0.39 is 0 Å². The van der Waals surface area contributed by atoms with Crippen molar-refractivity contribution in [2.75, 3.05) is 6.61 Å². The molecule has 0 radical (unpaired) electrons. The normalized spacial score (nSPS) is 17.8. The summed E-state index contributed by atoms with van der Waals surface area (Å²) in [4.78, 5) is 15.4. The molecule has 3 rings (SSSR count). The van der Waals surface area contributed by atoms with Crippen LogP contribution in [0.15, 0.2) is 24.4 Å². The van der Waals surface area contributed by atoms with Gasteiger partial charge in [0.15, 0.2) is 5.75 Å². The van der Waals surface area contributed by atoms with Crippen LogP contribution in [0.2, 0.25) is 0 Å². The second-order valence-electron chi connectivity index (χ2n) is 6.49. The van der Waals surface area contributed by atoms with Crippen LogP contribution in [-0.2, 0) is 13.0 Å². The fourth-order valence-electron chi connectivity index (χ4n) is 3.40. The van der Waals surface area contributed by atoms with Gasteiger partial charge in [-0.2, -0.15) is 0 Å². The van der Waals surface area contributed by atoms with Crippen LogP contribution in [-0.4, -0.2) is 27.1 Å². The summed E-state index contributed by atoms with van der Waals surface area (Å²) in [6.45, 7) is 7.14. The van der Waals surface area contributed by atoms with Gasteiger partial charge in [-0.1, -0.05) is 6.07 Å². The Labute approximate surface area is 147 Å². The molecule has 25 heavy (non-hydrogen) atoms. The lowest BCUT2D eigenvalue weighted by molar-refractivity contribution is -0.385. The molecule has 0 bridgehead atoms. The minimum absolute atomic E-state index is 0.0177. The largest absolute Gasteiger partial charge is 0.487 e. The molecule has 2 unspecified atom stereocenters. The van der Waals surface area contributed by atoms with Crippen molar-refractivity contribution >= 4 is 5.69 Å². The van der Waals surface area contributed by atoms with Crippen LogP contribution in [0.4, 0.5) is 5.69 Å². The Morgan fingerprint density at radius 1 is 1.52 bits per heavy atom. The maximum absolute atomic E-state index is 11.3. The molecule has 134 valence electrons. The Hall–Kier alpha value is -2.41. The maximum atomic E-state index is 11.3. The van der Waals surface area contributed by atoms with Crippen molar-refractivity contribution < 1.29 is 9.66 Å². The molecule has 1 aromatic carbocycles. The van der Waals surface area contributed by atoms with E-state index in [1.165, 1.54) is 0 Å². The summed E-state index contributed by atoms with van der Waals surface area (Å²) in [6, 6.07) is 5.53. The molecule has 0 saturated carbocycles. The van der Waals surface area contributed by atoms with Gasteiger partial charge in [0.05, 0.1) is 17.2 Å². The standard InChI is InChI=1S/C18H24N4O3/c1-4-25-17-7-5-14(9-16(17)22(23)24)13(3)20-15-6-8-18-19-12(2)10-21(18)11-15/h5,7,9-10,13,15,20H,4,6,8,11H2,1-3H3. The Morgan fingerprint density at radius 2 is 2.32 bits per heavy atom. The second kappa shape index (κ2) is 7.23. The van der Waals surface area contributed by atoms with Crippen LogP contribution in [0.5, 0.6) is 5.75 Å². The predicted molar refractivity (Wildman–Crippen MR) is 94.9 cm³/mol. The molecule has 0 aliphatic carbocycles. The highest BCUT2D eigenvalue weighted by molar-refractivity contribution is 5.49. The average Bonchev–Trinajstić information content (AvgIpc) is 2.94. The maximum Gasteiger partial charge on any atom is 0.311 e. The summed E-state index contributed by atoms with van der Waals surface area (Å²) >= 11 is 0. The van der Waals surface area contributed by atoms with Gasteiger partial charge in [0, 0.05) is 37.3 Å². The van der Waals surface area contributed by atoms with Gasteiger partial charge in [-0.3, -0.25) is 10.1 Å². The molecule has 1 aliphatic heterocycles. The van der Waals surface area contributed by atoms with Crippen LogP contribution < -0.4 is 10.1 Å². The van der Waals surface area contributed by atoms with Gasteiger partial charge < -0.3 is 14.6 Å². The van der Waals surface area contributed by atoms with Gasteiger partial charge in [-0.05, 0) is 38.8 Å². The fraction of sp³-hybridized carbons (Fsp3) is 0.500. The van der Waals surface area contributed by atoms with Crippen molar-refractivity contribution in [1.29, 1.82) is 0 Å². The number of nitrogens with one attached hydrogen (secondary N) is 1. The van der Waals surface area contributed by atoms with Crippen molar-refractivity contribution in [1.82, 2.24) is 14.9 Å². The summed E-state index contributed by atoms with van der Waals surface area (Å²) in [6.07, 6.45) is 4.04. The third-order valence-electron chi connectivity index (χ3n) is 4.58. The van der Waals surface area contributed by atoms with Gasteiger partial charge in [-0.15, -0.1) is 0 Å². The third-order valence-corrected chi connectivity index (χ3v) is 4.58. The monoisotopic (exact) mass is 344 g/mol. The average molecular weight is 344 g/mol. The highest BCUT2D eigenvalue weighted by Gasteiger charge is 2.23. The first kappa shape index (κ1) is 17.4. The van der Waals surface area contributed by atoms with Crippen molar-refractivity contribution in [2.45, 2.75) is 52.2 Å². The van der Waals surface area contributed by atoms with Crippen molar-refractivity contribution in [3.8, 4) is 5.75 Å². The first-order valence-electron chi connectivity index (χ1n) is 8.67. The Kier molecular flexibility index (Phi) is 5.03. The van der Waals surface area contributed by atoms with E-state index >= 15 is 0 Å². The summed E-state index contributed by atoms with van der Waals surface area (Å²) in [5, 5.41) is 14.9. The fourth-order valence-corrected chi connectivity index (χ4v) is 3.40. The second-order valence-corrected chi connectivity index (χ2v) is 6.49. The zero-order valence-electron chi connectivity index (χ0n) is 14.9. The molecule has 1 aromatic heterocycles. The zero-order chi connectivity index (χ0) is 18.0. The molecular weight excluding hydrogens is 320 g/mol. The number of benzene rings is 1. The van der Waals surface area contributed by atoms with Gasteiger partial charge >= 0.3 is 5.69 Å². The molecule has 1 aliphatic rings. The summed E-state index contributed by atoms with van der Waals surface area (Å²) in [5.41, 5.74) is 1.96. The van der Waals surface area contributed by atoms with E-state index in [4.69, 9.17) is 4.74 Å². The smallest absolute Gasteiger partial charge is 0.311 e. The number of fused-ring (bicyclic) bond motifs is 1. The minimum atomic E-state index is -0.387. The van der Waals surface area contributed by atoms with Crippen LogP contribution >= 0.6 is 0 Å². The first-order valence-corrected chi connectivity index (χ1v) is 8.67.